The van der Waals surface area contributed by atoms with E-state index >= 15 is 0 Å². The van der Waals surface area contributed by atoms with Crippen molar-refractivity contribution in [2.24, 2.45) is 0 Å². The zero-order chi connectivity index (χ0) is 31.0. The van der Waals surface area contributed by atoms with Crippen LogP contribution in [0.15, 0.2) is 0 Å². The third-order valence-corrected chi connectivity index (χ3v) is 5.56. The molecule has 2 aliphatic rings. The van der Waals surface area contributed by atoms with Gasteiger partial charge in [-0.1, -0.05) is 0 Å². The molecule has 0 saturated carbocycles. The summed E-state index contributed by atoms with van der Waals surface area (Å²) in [7, 11) is 0. The number of carbonyl (C=O) groups is 6. The summed E-state index contributed by atoms with van der Waals surface area (Å²) >= 11 is 0. The number of carboxylic acid groups (broad SMARTS) is 1. The molecule has 18 nitrogen and oxygen atoms in total. The third-order valence-electron chi connectivity index (χ3n) is 5.56. The second kappa shape index (κ2) is 14.9. The molecule has 3 N–H and O–H groups in total. The number of aliphatic hydroxyl groups is 2. The molecule has 0 bridgehead atoms. The summed E-state index contributed by atoms with van der Waals surface area (Å²) in [5, 5.41) is 29.7. The van der Waals surface area contributed by atoms with Gasteiger partial charge in [-0.2, -0.15) is 0 Å². The van der Waals surface area contributed by atoms with Gasteiger partial charge in [0.1, 0.15) is 24.9 Å². The van der Waals surface area contributed by atoms with Crippen LogP contribution in [0.3, 0.4) is 0 Å². The summed E-state index contributed by atoms with van der Waals surface area (Å²) in [6.07, 6.45) is -19.0. The summed E-state index contributed by atoms with van der Waals surface area (Å²) in [5.74, 6) is -4.59. The fourth-order valence-electron chi connectivity index (χ4n) is 4.15. The average Bonchev–Trinajstić information content (AvgIpc) is 2.83. The van der Waals surface area contributed by atoms with Gasteiger partial charge in [0.15, 0.2) is 36.8 Å². The Balaban J connectivity index is 2.61. The molecule has 0 unspecified atom stereocenters. The van der Waals surface area contributed by atoms with E-state index in [-0.39, 0.29) is 0 Å². The molecule has 2 saturated heterocycles. The Morgan fingerprint density at radius 1 is 0.610 bits per heavy atom. The van der Waals surface area contributed by atoms with E-state index in [0.29, 0.717) is 0 Å². The highest BCUT2D eigenvalue weighted by molar-refractivity contribution is 5.68. The molecule has 0 aliphatic carbocycles. The van der Waals surface area contributed by atoms with Crippen LogP contribution in [-0.4, -0.2) is 126 Å². The van der Waals surface area contributed by atoms with Crippen LogP contribution in [0, 0.1) is 0 Å². The molecule has 0 spiro atoms. The zero-order valence-electron chi connectivity index (χ0n) is 22.7. The Bertz CT molecular complexity index is 982. The molecular weight excluding hydrogens is 564 g/mol. The van der Waals surface area contributed by atoms with Gasteiger partial charge in [-0.25, -0.2) is 4.79 Å². The van der Waals surface area contributed by atoms with Gasteiger partial charge in [0, 0.05) is 34.6 Å². The maximum Gasteiger partial charge on any atom is 0.506 e. The first-order valence-corrected chi connectivity index (χ1v) is 12.1. The fourth-order valence-corrected chi connectivity index (χ4v) is 4.15. The van der Waals surface area contributed by atoms with E-state index in [9.17, 15) is 44.1 Å². The van der Waals surface area contributed by atoms with Gasteiger partial charge >= 0.3 is 36.0 Å². The molecule has 0 radical (unpaired) electrons. The van der Waals surface area contributed by atoms with Crippen molar-refractivity contribution in [2.75, 3.05) is 13.2 Å². The lowest BCUT2D eigenvalue weighted by Gasteiger charge is -2.47. The van der Waals surface area contributed by atoms with Gasteiger partial charge in [-0.3, -0.25) is 24.0 Å². The highest BCUT2D eigenvalue weighted by Gasteiger charge is 2.57. The SMILES string of the molecule is CC(=O)OC[C@H]1O[C@H](O[C@@H]2[C@@H](OC(C)=O)O[C@@H](CO)[C@@H](O)[C@@H]2OC(C)=O)[C@@H](OC(C)=O)[C@@H](OC(=O)O)[C@@H]1OC(C)=O. The molecule has 2 rings (SSSR count). The largest absolute Gasteiger partial charge is 0.506 e. The van der Waals surface area contributed by atoms with Crippen molar-refractivity contribution < 1.29 is 86.7 Å². The third kappa shape index (κ3) is 9.49. The number of ether oxygens (including phenoxy) is 9. The van der Waals surface area contributed by atoms with Crippen LogP contribution in [0.25, 0.3) is 0 Å². The number of aliphatic hydroxyl groups excluding tert-OH is 2. The van der Waals surface area contributed by atoms with E-state index in [0.717, 1.165) is 34.6 Å². The number of esters is 5. The topological polar surface area (TPSA) is 246 Å². The Morgan fingerprint density at radius 2 is 1.12 bits per heavy atom. The molecule has 232 valence electrons. The van der Waals surface area contributed by atoms with Crippen molar-refractivity contribution in [1.82, 2.24) is 0 Å². The predicted molar refractivity (Wildman–Crippen MR) is 123 cm³/mol. The highest BCUT2D eigenvalue weighted by atomic mass is 16.8. The van der Waals surface area contributed by atoms with Gasteiger partial charge in [0.2, 0.25) is 6.29 Å². The maximum atomic E-state index is 12.0. The Kier molecular flexibility index (Phi) is 12.2. The van der Waals surface area contributed by atoms with Crippen molar-refractivity contribution in [3.8, 4) is 0 Å². The normalized spacial score (nSPS) is 33.0. The van der Waals surface area contributed by atoms with Crippen LogP contribution < -0.4 is 0 Å². The quantitative estimate of drug-likeness (QED) is 0.185. The second-order valence-corrected chi connectivity index (χ2v) is 8.84. The first-order valence-electron chi connectivity index (χ1n) is 12.1. The van der Waals surface area contributed by atoms with Crippen LogP contribution in [0.5, 0.6) is 0 Å². The molecular formula is C23H32O18. The van der Waals surface area contributed by atoms with Gasteiger partial charge in [-0.15, -0.1) is 0 Å². The summed E-state index contributed by atoms with van der Waals surface area (Å²) in [6, 6.07) is 0. The summed E-state index contributed by atoms with van der Waals surface area (Å²) < 4.78 is 47.5. The van der Waals surface area contributed by atoms with Gasteiger partial charge in [-0.05, 0) is 0 Å². The number of carbonyl (C=O) groups excluding carboxylic acids is 5. The van der Waals surface area contributed by atoms with E-state index in [1.165, 1.54) is 0 Å². The maximum absolute atomic E-state index is 12.0. The van der Waals surface area contributed by atoms with Crippen molar-refractivity contribution >= 4 is 36.0 Å². The van der Waals surface area contributed by atoms with Crippen LogP contribution in [0.4, 0.5) is 4.79 Å². The molecule has 2 aliphatic heterocycles. The van der Waals surface area contributed by atoms with Crippen molar-refractivity contribution in [3.63, 3.8) is 0 Å². The molecule has 0 aromatic carbocycles. The molecule has 2 fully saturated rings. The molecule has 2 heterocycles. The van der Waals surface area contributed by atoms with Crippen LogP contribution in [0.2, 0.25) is 0 Å². The molecule has 0 amide bonds. The standard InChI is InChI=1S/C23H32O18/c1-8(25)33-7-14-16(34-9(2)26)18(41-23(31)32)20(36-11(4)28)22(39-14)40-19-17(35-10(3)27)15(30)13(6-24)38-21(19)37-12(5)29/h13-22,24,30H,6-7H2,1-5H3,(H,31,32)/t13-,14+,15+,16+,17-,18-,19-,20-,21-,22+/m0/s1. The predicted octanol–water partition coefficient (Wildman–Crippen LogP) is -1.84. The zero-order valence-corrected chi connectivity index (χ0v) is 22.7. The van der Waals surface area contributed by atoms with Crippen LogP contribution in [-0.2, 0) is 66.6 Å². The lowest BCUT2D eigenvalue weighted by atomic mass is 9.96. The lowest BCUT2D eigenvalue weighted by Crippen LogP contribution is -2.67. The van der Waals surface area contributed by atoms with E-state index in [1.54, 1.807) is 0 Å². The number of hydrogen-bond donors (Lipinski definition) is 3. The minimum absolute atomic E-state index is 0.642. The molecule has 10 atom stereocenters. The van der Waals surface area contributed by atoms with E-state index in [1.807, 2.05) is 0 Å². The van der Waals surface area contributed by atoms with E-state index in [4.69, 9.17) is 42.6 Å². The molecule has 0 aromatic rings. The number of hydrogen-bond acceptors (Lipinski definition) is 17. The highest BCUT2D eigenvalue weighted by Crippen LogP contribution is 2.34. The summed E-state index contributed by atoms with van der Waals surface area (Å²) in [4.78, 5) is 70.6. The molecule has 0 aromatic heterocycles. The Morgan fingerprint density at radius 3 is 1.61 bits per heavy atom. The first kappa shape index (κ1) is 33.6. The average molecular weight is 596 g/mol. The Hall–Kier alpha value is -3.58. The van der Waals surface area contributed by atoms with Crippen molar-refractivity contribution in [3.05, 3.63) is 0 Å². The van der Waals surface area contributed by atoms with Crippen molar-refractivity contribution in [2.45, 2.75) is 96.0 Å². The lowest BCUT2D eigenvalue weighted by molar-refractivity contribution is -0.363. The van der Waals surface area contributed by atoms with Gasteiger partial charge < -0.3 is 58.0 Å². The fraction of sp³-hybridized carbons (Fsp3) is 0.739. The van der Waals surface area contributed by atoms with Crippen molar-refractivity contribution in [1.29, 1.82) is 0 Å². The first-order chi connectivity index (χ1) is 19.1. The smallest absolute Gasteiger partial charge is 0.463 e. The monoisotopic (exact) mass is 596 g/mol. The summed E-state index contributed by atoms with van der Waals surface area (Å²) in [5.41, 5.74) is 0. The Labute approximate surface area is 232 Å². The minimum atomic E-state index is -1.90. The second-order valence-electron chi connectivity index (χ2n) is 8.84. The number of rotatable bonds is 10. The van der Waals surface area contributed by atoms with Gasteiger partial charge in [0.25, 0.3) is 0 Å². The van der Waals surface area contributed by atoms with E-state index < -0.39 is 111 Å². The summed E-state index contributed by atoms with van der Waals surface area (Å²) in [6.45, 7) is 3.52. The van der Waals surface area contributed by atoms with Crippen LogP contribution >= 0.6 is 0 Å². The molecule has 18 heteroatoms. The van der Waals surface area contributed by atoms with Gasteiger partial charge in [0.05, 0.1) is 6.61 Å². The van der Waals surface area contributed by atoms with E-state index in [2.05, 4.69) is 0 Å². The van der Waals surface area contributed by atoms with Crippen LogP contribution in [0.1, 0.15) is 34.6 Å². The minimum Gasteiger partial charge on any atom is -0.463 e. The molecule has 41 heavy (non-hydrogen) atoms.